The Kier molecular flexibility index (Phi) is 12.7. The number of carbonyl (C=O) groups is 2. The number of carboxylic acids is 2. The van der Waals surface area contributed by atoms with Crippen molar-refractivity contribution in [3.63, 3.8) is 0 Å². The fourth-order valence-corrected chi connectivity index (χ4v) is 7.98. The molecule has 2 aliphatic carbocycles. The van der Waals surface area contributed by atoms with Crippen LogP contribution in [0.3, 0.4) is 0 Å². The van der Waals surface area contributed by atoms with E-state index in [1.807, 2.05) is 6.07 Å². The molecule has 0 radical (unpaired) electrons. The molecule has 5 heteroatoms. The SMILES string of the molecule is O=C(O)CCCCCC(CCc1ccccc1OCC1CCC(CCc2ccccc2)CC1)C1CCCc2cc(C(=O)O)ccc21. The number of aromatic carboxylic acids is 1. The van der Waals surface area contributed by atoms with Gasteiger partial charge in [-0.1, -0.05) is 80.3 Å². The summed E-state index contributed by atoms with van der Waals surface area (Å²) in [6.45, 7) is 0.789. The Morgan fingerprint density at radius 1 is 0.783 bits per heavy atom. The molecular weight excluding hydrogens is 572 g/mol. The second-order valence-electron chi connectivity index (χ2n) is 13.8. The van der Waals surface area contributed by atoms with E-state index in [1.54, 1.807) is 6.07 Å². The molecule has 46 heavy (non-hydrogen) atoms. The average Bonchev–Trinajstić information content (AvgIpc) is 3.08. The molecule has 1 fully saturated rings. The van der Waals surface area contributed by atoms with Crippen molar-refractivity contribution in [1.82, 2.24) is 0 Å². The van der Waals surface area contributed by atoms with E-state index in [4.69, 9.17) is 9.84 Å². The number of para-hydroxylation sites is 1. The van der Waals surface area contributed by atoms with Gasteiger partial charge in [-0.3, -0.25) is 4.79 Å². The van der Waals surface area contributed by atoms with Gasteiger partial charge in [-0.25, -0.2) is 4.79 Å². The van der Waals surface area contributed by atoms with Crippen LogP contribution in [0.5, 0.6) is 5.75 Å². The first-order valence-electron chi connectivity index (χ1n) is 17.8. The van der Waals surface area contributed by atoms with E-state index in [0.29, 0.717) is 23.3 Å². The Hall–Kier alpha value is -3.60. The summed E-state index contributed by atoms with van der Waals surface area (Å²) in [6, 6.07) is 25.1. The van der Waals surface area contributed by atoms with Gasteiger partial charge in [0.1, 0.15) is 5.75 Å². The van der Waals surface area contributed by atoms with Crippen LogP contribution in [0.4, 0.5) is 0 Å². The number of aliphatic carboxylic acids is 1. The molecule has 0 spiro atoms. The average molecular weight is 625 g/mol. The predicted octanol–water partition coefficient (Wildman–Crippen LogP) is 9.91. The van der Waals surface area contributed by atoms with Gasteiger partial charge in [-0.15, -0.1) is 0 Å². The molecule has 2 unspecified atom stereocenters. The lowest BCUT2D eigenvalue weighted by molar-refractivity contribution is -0.137. The van der Waals surface area contributed by atoms with Crippen molar-refractivity contribution in [2.24, 2.45) is 17.8 Å². The second kappa shape index (κ2) is 17.4. The lowest BCUT2D eigenvalue weighted by atomic mass is 9.72. The Balaban J connectivity index is 1.17. The number of hydrogen-bond donors (Lipinski definition) is 2. The molecular formula is C41H52O5. The lowest BCUT2D eigenvalue weighted by Gasteiger charge is -2.33. The maximum absolute atomic E-state index is 11.6. The van der Waals surface area contributed by atoms with Crippen molar-refractivity contribution in [3.05, 3.63) is 101 Å². The number of benzene rings is 3. The van der Waals surface area contributed by atoms with Crippen molar-refractivity contribution >= 4 is 11.9 Å². The first-order valence-corrected chi connectivity index (χ1v) is 17.8. The van der Waals surface area contributed by atoms with E-state index in [0.717, 1.165) is 76.1 Å². The summed E-state index contributed by atoms with van der Waals surface area (Å²) < 4.78 is 6.54. The Morgan fingerprint density at radius 3 is 2.33 bits per heavy atom. The zero-order valence-electron chi connectivity index (χ0n) is 27.4. The molecule has 0 aliphatic heterocycles. The molecule has 0 aromatic heterocycles. The van der Waals surface area contributed by atoms with Crippen LogP contribution in [0.25, 0.3) is 0 Å². The normalized spacial score (nSPS) is 20.0. The quantitative estimate of drug-likeness (QED) is 0.146. The molecule has 2 N–H and O–H groups in total. The van der Waals surface area contributed by atoms with Gasteiger partial charge in [-0.05, 0) is 135 Å². The largest absolute Gasteiger partial charge is 0.493 e. The van der Waals surface area contributed by atoms with Crippen molar-refractivity contribution in [1.29, 1.82) is 0 Å². The highest BCUT2D eigenvalue weighted by molar-refractivity contribution is 5.88. The van der Waals surface area contributed by atoms with Gasteiger partial charge in [0.05, 0.1) is 12.2 Å². The summed E-state index contributed by atoms with van der Waals surface area (Å²) in [5.41, 5.74) is 5.59. The van der Waals surface area contributed by atoms with E-state index in [1.165, 1.54) is 60.8 Å². The molecule has 2 aliphatic rings. The second-order valence-corrected chi connectivity index (χ2v) is 13.8. The third-order valence-corrected chi connectivity index (χ3v) is 10.7. The zero-order chi connectivity index (χ0) is 32.1. The number of carboxylic acid groups (broad SMARTS) is 2. The molecule has 5 rings (SSSR count). The number of ether oxygens (including phenoxy) is 1. The molecule has 3 aromatic carbocycles. The molecule has 1 saturated carbocycles. The highest BCUT2D eigenvalue weighted by Crippen LogP contribution is 2.42. The van der Waals surface area contributed by atoms with Crippen molar-refractivity contribution in [2.75, 3.05) is 6.61 Å². The molecule has 0 heterocycles. The summed E-state index contributed by atoms with van der Waals surface area (Å²) in [4.78, 5) is 22.7. The smallest absolute Gasteiger partial charge is 0.335 e. The maximum atomic E-state index is 11.6. The minimum atomic E-state index is -0.868. The van der Waals surface area contributed by atoms with E-state index >= 15 is 0 Å². The molecule has 0 bridgehead atoms. The fraction of sp³-hybridized carbons (Fsp3) is 0.512. The Bertz CT molecular complexity index is 1390. The number of aryl methyl sites for hydroxylation is 3. The van der Waals surface area contributed by atoms with Crippen molar-refractivity contribution < 1.29 is 24.5 Å². The number of unbranched alkanes of at least 4 members (excludes halogenated alkanes) is 2. The molecule has 5 nitrogen and oxygen atoms in total. The highest BCUT2D eigenvalue weighted by atomic mass is 16.5. The van der Waals surface area contributed by atoms with Crippen LogP contribution >= 0.6 is 0 Å². The molecule has 0 saturated heterocycles. The summed E-state index contributed by atoms with van der Waals surface area (Å²) in [7, 11) is 0. The minimum absolute atomic E-state index is 0.231. The molecule has 3 aromatic rings. The number of hydrogen-bond acceptors (Lipinski definition) is 3. The molecule has 246 valence electrons. The summed E-state index contributed by atoms with van der Waals surface area (Å²) in [6.07, 6.45) is 16.6. The number of fused-ring (bicyclic) bond motifs is 1. The fourth-order valence-electron chi connectivity index (χ4n) is 7.98. The van der Waals surface area contributed by atoms with Gasteiger partial charge >= 0.3 is 11.9 Å². The lowest BCUT2D eigenvalue weighted by Crippen LogP contribution is -2.21. The van der Waals surface area contributed by atoms with Gasteiger partial charge in [0.15, 0.2) is 0 Å². The van der Waals surface area contributed by atoms with Crippen LogP contribution in [-0.2, 0) is 24.1 Å². The van der Waals surface area contributed by atoms with Crippen molar-refractivity contribution in [3.8, 4) is 5.75 Å². The summed E-state index contributed by atoms with van der Waals surface area (Å²) >= 11 is 0. The Morgan fingerprint density at radius 2 is 1.54 bits per heavy atom. The van der Waals surface area contributed by atoms with Crippen LogP contribution in [0.15, 0.2) is 72.8 Å². The van der Waals surface area contributed by atoms with Gasteiger partial charge in [-0.2, -0.15) is 0 Å². The third kappa shape index (κ3) is 9.95. The van der Waals surface area contributed by atoms with Gasteiger partial charge in [0.2, 0.25) is 0 Å². The molecule has 2 atom stereocenters. The zero-order valence-corrected chi connectivity index (χ0v) is 27.4. The summed E-state index contributed by atoms with van der Waals surface area (Å²) in [5, 5.41) is 18.6. The molecule has 0 amide bonds. The highest BCUT2D eigenvalue weighted by Gasteiger charge is 2.29. The first kappa shape index (κ1) is 33.8. The van der Waals surface area contributed by atoms with Crippen LogP contribution in [-0.4, -0.2) is 28.8 Å². The third-order valence-electron chi connectivity index (χ3n) is 10.7. The van der Waals surface area contributed by atoms with Gasteiger partial charge in [0, 0.05) is 6.42 Å². The summed E-state index contributed by atoms with van der Waals surface area (Å²) in [5.74, 6) is 1.73. The van der Waals surface area contributed by atoms with Crippen LogP contribution in [0.1, 0.15) is 122 Å². The van der Waals surface area contributed by atoms with Gasteiger partial charge < -0.3 is 14.9 Å². The van der Waals surface area contributed by atoms with Crippen LogP contribution in [0, 0.1) is 17.8 Å². The topological polar surface area (TPSA) is 83.8 Å². The van der Waals surface area contributed by atoms with E-state index in [9.17, 15) is 14.7 Å². The Labute approximate surface area is 275 Å². The van der Waals surface area contributed by atoms with Crippen LogP contribution in [0.2, 0.25) is 0 Å². The van der Waals surface area contributed by atoms with E-state index in [-0.39, 0.29) is 6.42 Å². The maximum Gasteiger partial charge on any atom is 0.335 e. The minimum Gasteiger partial charge on any atom is -0.493 e. The predicted molar refractivity (Wildman–Crippen MR) is 184 cm³/mol. The number of rotatable bonds is 17. The van der Waals surface area contributed by atoms with Crippen LogP contribution < -0.4 is 4.74 Å². The monoisotopic (exact) mass is 624 g/mol. The van der Waals surface area contributed by atoms with E-state index in [2.05, 4.69) is 60.7 Å². The van der Waals surface area contributed by atoms with E-state index < -0.39 is 11.9 Å². The standard InChI is InChI=1S/C41H52O5/c42-40(43)17-6-2-5-12-33(37-15-9-14-35-28-36(41(44)45)26-27-38(35)37)24-25-34-13-7-8-16-39(34)46-29-32-22-20-31(21-23-32)19-18-30-10-3-1-4-11-30/h1,3-4,7-8,10-11,13,16,26-28,31-33,37H,2,5-6,9,12,14-15,17-25,29H2,(H,42,43)(H,44,45). The van der Waals surface area contributed by atoms with Crippen molar-refractivity contribution in [2.45, 2.75) is 109 Å². The first-order chi connectivity index (χ1) is 22.5. The van der Waals surface area contributed by atoms with Gasteiger partial charge in [0.25, 0.3) is 0 Å².